The summed E-state index contributed by atoms with van der Waals surface area (Å²) in [5.74, 6) is -0.178. The summed E-state index contributed by atoms with van der Waals surface area (Å²) < 4.78 is 27.7. The Hall–Kier alpha value is -1.40. The second kappa shape index (κ2) is 7.87. The third-order valence-electron chi connectivity index (χ3n) is 5.49. The molecule has 0 radical (unpaired) electrons. The van der Waals surface area contributed by atoms with Crippen LogP contribution < -0.4 is 0 Å². The van der Waals surface area contributed by atoms with E-state index in [-0.39, 0.29) is 16.8 Å². The Labute approximate surface area is 151 Å². The van der Waals surface area contributed by atoms with Gasteiger partial charge >= 0.3 is 0 Å². The van der Waals surface area contributed by atoms with Crippen LogP contribution in [0.1, 0.15) is 61.7 Å². The quantitative estimate of drug-likeness (QED) is 0.824. The summed E-state index contributed by atoms with van der Waals surface area (Å²) >= 11 is 0. The third-order valence-corrected chi connectivity index (χ3v) is 7.45. The molecule has 0 aromatic heterocycles. The van der Waals surface area contributed by atoms with Crippen molar-refractivity contribution in [3.63, 3.8) is 0 Å². The largest absolute Gasteiger partial charge is 0.339 e. The minimum atomic E-state index is -3.62. The van der Waals surface area contributed by atoms with Crippen LogP contribution in [0.3, 0.4) is 0 Å². The molecule has 0 bridgehead atoms. The molecule has 1 saturated heterocycles. The molecule has 0 spiro atoms. The van der Waals surface area contributed by atoms with Gasteiger partial charge in [-0.2, -0.15) is 4.31 Å². The highest BCUT2D eigenvalue weighted by Gasteiger charge is 2.32. The molecule has 6 heteroatoms. The van der Waals surface area contributed by atoms with Gasteiger partial charge in [-0.1, -0.05) is 37.8 Å². The number of nitrogens with zero attached hydrogens (tertiary/aromatic N) is 2. The van der Waals surface area contributed by atoms with Gasteiger partial charge in [-0.3, -0.25) is 4.79 Å². The number of amides is 1. The average Bonchev–Trinajstić information content (AvgIpc) is 2.68. The number of hydrogen-bond donors (Lipinski definition) is 0. The van der Waals surface area contributed by atoms with E-state index < -0.39 is 10.0 Å². The Bertz CT molecular complexity index is 705. The average molecular weight is 365 g/mol. The van der Waals surface area contributed by atoms with Crippen molar-refractivity contribution in [1.29, 1.82) is 0 Å². The topological polar surface area (TPSA) is 57.7 Å². The van der Waals surface area contributed by atoms with Gasteiger partial charge < -0.3 is 4.90 Å². The van der Waals surface area contributed by atoms with E-state index in [0.29, 0.717) is 18.7 Å². The Kier molecular flexibility index (Phi) is 5.79. The SMILES string of the molecule is CN(C(=O)c1ccccc1S(=O)(=O)N1CCCCC1)C1CCCCC1. The maximum atomic E-state index is 13.1. The van der Waals surface area contributed by atoms with Gasteiger partial charge in [0, 0.05) is 26.2 Å². The first-order chi connectivity index (χ1) is 12.0. The van der Waals surface area contributed by atoms with E-state index in [1.807, 2.05) is 7.05 Å². The predicted octanol–water partition coefficient (Wildman–Crippen LogP) is 3.27. The lowest BCUT2D eigenvalue weighted by atomic mass is 9.94. The molecule has 0 unspecified atom stereocenters. The van der Waals surface area contributed by atoms with Gasteiger partial charge in [-0.05, 0) is 37.8 Å². The van der Waals surface area contributed by atoms with Gasteiger partial charge in [0.05, 0.1) is 10.5 Å². The number of sulfonamides is 1. The molecule has 1 saturated carbocycles. The summed E-state index contributed by atoms with van der Waals surface area (Å²) in [6.45, 7) is 1.09. The molecule has 25 heavy (non-hydrogen) atoms. The summed E-state index contributed by atoms with van der Waals surface area (Å²) in [7, 11) is -1.81. The monoisotopic (exact) mass is 364 g/mol. The maximum absolute atomic E-state index is 13.1. The zero-order valence-corrected chi connectivity index (χ0v) is 15.8. The van der Waals surface area contributed by atoms with Crippen molar-refractivity contribution in [2.45, 2.75) is 62.3 Å². The number of carbonyl (C=O) groups excluding carboxylic acids is 1. The molecule has 1 aromatic rings. The van der Waals surface area contributed by atoms with Gasteiger partial charge in [0.25, 0.3) is 5.91 Å². The van der Waals surface area contributed by atoms with Crippen LogP contribution in [0.2, 0.25) is 0 Å². The fourth-order valence-corrected chi connectivity index (χ4v) is 5.64. The van der Waals surface area contributed by atoms with E-state index >= 15 is 0 Å². The molecule has 138 valence electrons. The summed E-state index contributed by atoms with van der Waals surface area (Å²) in [6.07, 6.45) is 8.34. The second-order valence-electron chi connectivity index (χ2n) is 7.17. The van der Waals surface area contributed by atoms with Crippen molar-refractivity contribution in [3.05, 3.63) is 29.8 Å². The van der Waals surface area contributed by atoms with Gasteiger partial charge in [0.1, 0.15) is 0 Å². The summed E-state index contributed by atoms with van der Waals surface area (Å²) in [5.41, 5.74) is 0.307. The van der Waals surface area contributed by atoms with Gasteiger partial charge in [-0.25, -0.2) is 8.42 Å². The first kappa shape index (κ1) is 18.4. The third kappa shape index (κ3) is 3.90. The van der Waals surface area contributed by atoms with Crippen molar-refractivity contribution < 1.29 is 13.2 Å². The molecule has 1 aliphatic carbocycles. The Balaban J connectivity index is 1.88. The normalized spacial score (nSPS) is 20.4. The second-order valence-corrected chi connectivity index (χ2v) is 9.08. The molecule has 2 aliphatic rings. The molecule has 1 aromatic carbocycles. The predicted molar refractivity (Wildman–Crippen MR) is 98.0 cm³/mol. The number of benzene rings is 1. The van der Waals surface area contributed by atoms with E-state index in [4.69, 9.17) is 0 Å². The van der Waals surface area contributed by atoms with Crippen LogP contribution in [-0.4, -0.2) is 49.7 Å². The number of hydrogen-bond acceptors (Lipinski definition) is 3. The molecule has 1 aliphatic heterocycles. The summed E-state index contributed by atoms with van der Waals surface area (Å²) in [6, 6.07) is 6.89. The van der Waals surface area contributed by atoms with E-state index in [9.17, 15) is 13.2 Å². The first-order valence-corrected chi connectivity index (χ1v) is 10.8. The van der Waals surface area contributed by atoms with Crippen LogP contribution >= 0.6 is 0 Å². The van der Waals surface area contributed by atoms with Crippen LogP contribution in [0, 0.1) is 0 Å². The number of piperidine rings is 1. The van der Waals surface area contributed by atoms with E-state index in [1.54, 1.807) is 29.2 Å². The van der Waals surface area contributed by atoms with Gasteiger partial charge in [0.2, 0.25) is 10.0 Å². The first-order valence-electron chi connectivity index (χ1n) is 9.38. The molecule has 2 fully saturated rings. The van der Waals surface area contributed by atoms with Crippen molar-refractivity contribution in [2.24, 2.45) is 0 Å². The molecule has 1 heterocycles. The highest BCUT2D eigenvalue weighted by atomic mass is 32.2. The van der Waals surface area contributed by atoms with Gasteiger partial charge in [0.15, 0.2) is 0 Å². The van der Waals surface area contributed by atoms with Gasteiger partial charge in [-0.15, -0.1) is 0 Å². The standard InChI is InChI=1S/C19H28N2O3S/c1-20(16-10-4-2-5-11-16)19(22)17-12-6-7-13-18(17)25(23,24)21-14-8-3-9-15-21/h6-7,12-13,16H,2-5,8-11,14-15H2,1H3. The lowest BCUT2D eigenvalue weighted by Gasteiger charge is -2.32. The Morgan fingerprint density at radius 3 is 2.28 bits per heavy atom. The Morgan fingerprint density at radius 1 is 1.00 bits per heavy atom. The van der Waals surface area contributed by atoms with E-state index in [2.05, 4.69) is 0 Å². The number of rotatable bonds is 4. The summed E-state index contributed by atoms with van der Waals surface area (Å²) in [4.78, 5) is 14.9. The molecular formula is C19H28N2O3S. The van der Waals surface area contributed by atoms with Crippen molar-refractivity contribution in [3.8, 4) is 0 Å². The van der Waals surface area contributed by atoms with Crippen LogP contribution in [0.4, 0.5) is 0 Å². The Morgan fingerprint density at radius 2 is 1.60 bits per heavy atom. The van der Waals surface area contributed by atoms with Crippen molar-refractivity contribution >= 4 is 15.9 Å². The summed E-state index contributed by atoms with van der Waals surface area (Å²) in [5, 5.41) is 0. The van der Waals surface area contributed by atoms with E-state index in [0.717, 1.165) is 44.9 Å². The maximum Gasteiger partial charge on any atom is 0.255 e. The highest BCUT2D eigenvalue weighted by molar-refractivity contribution is 7.89. The molecule has 0 N–H and O–H groups in total. The fraction of sp³-hybridized carbons (Fsp3) is 0.632. The van der Waals surface area contributed by atoms with Crippen LogP contribution in [-0.2, 0) is 10.0 Å². The van der Waals surface area contributed by atoms with Crippen LogP contribution in [0.5, 0.6) is 0 Å². The smallest absolute Gasteiger partial charge is 0.255 e. The highest BCUT2D eigenvalue weighted by Crippen LogP contribution is 2.27. The number of carbonyl (C=O) groups is 1. The zero-order chi connectivity index (χ0) is 17.9. The van der Waals surface area contributed by atoms with Crippen molar-refractivity contribution in [2.75, 3.05) is 20.1 Å². The van der Waals surface area contributed by atoms with Crippen molar-refractivity contribution in [1.82, 2.24) is 9.21 Å². The fourth-order valence-electron chi connectivity index (χ4n) is 3.94. The minimum Gasteiger partial charge on any atom is -0.339 e. The van der Waals surface area contributed by atoms with E-state index in [1.165, 1.54) is 10.7 Å². The minimum absolute atomic E-state index is 0.157. The lowest BCUT2D eigenvalue weighted by Crippen LogP contribution is -2.40. The zero-order valence-electron chi connectivity index (χ0n) is 15.0. The molecule has 0 atom stereocenters. The van der Waals surface area contributed by atoms with Crippen LogP contribution in [0.25, 0.3) is 0 Å². The molecule has 1 amide bonds. The molecular weight excluding hydrogens is 336 g/mol. The molecule has 3 rings (SSSR count). The van der Waals surface area contributed by atoms with Crippen LogP contribution in [0.15, 0.2) is 29.2 Å². The molecule has 5 nitrogen and oxygen atoms in total. The lowest BCUT2D eigenvalue weighted by molar-refractivity contribution is 0.0692.